The number of aldehydes is 1. The van der Waals surface area contributed by atoms with E-state index in [2.05, 4.69) is 5.10 Å². The van der Waals surface area contributed by atoms with Crippen molar-refractivity contribution in [1.82, 2.24) is 14.7 Å². The molecule has 1 unspecified atom stereocenters. The average Bonchev–Trinajstić information content (AvgIpc) is 3.17. The van der Waals surface area contributed by atoms with Crippen molar-refractivity contribution in [2.45, 2.75) is 12.3 Å². The third-order valence-electron chi connectivity index (χ3n) is 5.81. The Morgan fingerprint density at radius 3 is 2.37 bits per heavy atom. The lowest BCUT2D eigenvalue weighted by atomic mass is 10.1. The summed E-state index contributed by atoms with van der Waals surface area (Å²) in [6, 6.07) is 10.5. The maximum Gasteiger partial charge on any atom is 0.434 e. The monoisotopic (exact) mass is 530 g/mol. The van der Waals surface area contributed by atoms with Gasteiger partial charge in [0.05, 0.1) is 17.2 Å². The molecule has 0 radical (unpaired) electrons. The summed E-state index contributed by atoms with van der Waals surface area (Å²) in [5.74, 6) is -0.276. The first-order valence-corrected chi connectivity index (χ1v) is 11.3. The Balaban J connectivity index is 1.64. The molecule has 1 aliphatic rings. The molecular weight excluding hydrogens is 511 g/mol. The highest BCUT2D eigenvalue weighted by atomic mass is 35.5. The largest absolute Gasteiger partial charge is 0.495 e. The lowest BCUT2D eigenvalue weighted by molar-refractivity contribution is -0.147. The molecule has 3 aromatic rings. The summed E-state index contributed by atoms with van der Waals surface area (Å²) in [4.78, 5) is 15.6. The van der Waals surface area contributed by atoms with Gasteiger partial charge in [0, 0.05) is 43.5 Å². The number of rotatable bonds is 6. The van der Waals surface area contributed by atoms with Crippen molar-refractivity contribution in [2.75, 3.05) is 38.2 Å². The number of hydrogen-bond donors (Lipinski definition) is 0. The predicted octanol–water partition coefficient (Wildman–Crippen LogP) is 5.54. The van der Waals surface area contributed by atoms with Crippen molar-refractivity contribution in [3.63, 3.8) is 0 Å². The zero-order valence-electron chi connectivity index (χ0n) is 18.4. The van der Waals surface area contributed by atoms with Crippen LogP contribution in [0.25, 0.3) is 11.3 Å². The summed E-state index contributed by atoms with van der Waals surface area (Å²) in [6.45, 7) is 1.37. The summed E-state index contributed by atoms with van der Waals surface area (Å²) in [6.07, 6.45) is -5.92. The van der Waals surface area contributed by atoms with Crippen LogP contribution in [0.5, 0.6) is 5.75 Å². The van der Waals surface area contributed by atoms with E-state index in [1.807, 2.05) is 11.0 Å². The van der Waals surface area contributed by atoms with E-state index in [1.165, 1.54) is 25.3 Å². The molecule has 0 saturated carbocycles. The van der Waals surface area contributed by atoms with Gasteiger partial charge in [-0.25, -0.2) is 9.07 Å². The molecule has 35 heavy (non-hydrogen) atoms. The highest BCUT2D eigenvalue weighted by Gasteiger charge is 2.43. The van der Waals surface area contributed by atoms with Crippen molar-refractivity contribution in [1.29, 1.82) is 0 Å². The van der Waals surface area contributed by atoms with Crippen molar-refractivity contribution in [2.24, 2.45) is 0 Å². The Bertz CT molecular complexity index is 1230. The van der Waals surface area contributed by atoms with Crippen molar-refractivity contribution in [3.8, 4) is 17.0 Å². The molecule has 1 fully saturated rings. The Morgan fingerprint density at radius 1 is 1.09 bits per heavy atom. The molecule has 186 valence electrons. The van der Waals surface area contributed by atoms with Crippen LogP contribution in [0.3, 0.4) is 0 Å². The van der Waals surface area contributed by atoms with Gasteiger partial charge >= 0.3 is 6.18 Å². The van der Waals surface area contributed by atoms with E-state index in [0.717, 1.165) is 11.8 Å². The Morgan fingerprint density at radius 2 is 1.77 bits per heavy atom. The number of halogens is 6. The molecule has 1 saturated heterocycles. The molecule has 12 heteroatoms. The van der Waals surface area contributed by atoms with Gasteiger partial charge in [-0.05, 0) is 24.3 Å². The van der Waals surface area contributed by atoms with Crippen molar-refractivity contribution in [3.05, 3.63) is 64.0 Å². The molecule has 2 heterocycles. The molecular formula is C23H20Cl2F4N4O2. The Kier molecular flexibility index (Phi) is 7.25. The van der Waals surface area contributed by atoms with E-state index in [1.54, 1.807) is 17.0 Å². The van der Waals surface area contributed by atoms with Gasteiger partial charge in [-0.15, -0.1) is 0 Å². The summed E-state index contributed by atoms with van der Waals surface area (Å²) >= 11 is 12.2. The van der Waals surface area contributed by atoms with Gasteiger partial charge in [-0.3, -0.25) is 9.69 Å². The number of benzene rings is 2. The standard InChI is InChI=1S/C23H20Cl2F4N4O2/c1-35-18-12-14(6-7-16(18)24)31-8-10-32(11-9-31)19(13-34)33-22(23(27,28)29)20(25)21(30-33)15-4-2-3-5-17(15)26/h2-7,12-13,19H,8-11H2,1H3. The van der Waals surface area contributed by atoms with Gasteiger partial charge in [-0.1, -0.05) is 35.3 Å². The van der Waals surface area contributed by atoms with Crippen molar-refractivity contribution >= 4 is 35.2 Å². The molecule has 0 spiro atoms. The topological polar surface area (TPSA) is 50.6 Å². The first kappa shape index (κ1) is 25.3. The smallest absolute Gasteiger partial charge is 0.434 e. The van der Waals surface area contributed by atoms with Crippen LogP contribution < -0.4 is 9.64 Å². The van der Waals surface area contributed by atoms with Crippen LogP contribution in [0.4, 0.5) is 23.2 Å². The number of methoxy groups -OCH3 is 1. The molecule has 0 N–H and O–H groups in total. The van der Waals surface area contributed by atoms with Gasteiger partial charge in [0.1, 0.15) is 17.3 Å². The van der Waals surface area contributed by atoms with Crippen LogP contribution in [-0.2, 0) is 11.0 Å². The maximum atomic E-state index is 14.3. The first-order chi connectivity index (χ1) is 16.7. The SMILES string of the molecule is COc1cc(N2CCN(C(C=O)n3nc(-c4ccccc4F)c(Cl)c3C(F)(F)F)CC2)ccc1Cl. The number of carbonyl (C=O) groups is 1. The summed E-state index contributed by atoms with van der Waals surface area (Å²) in [5, 5.41) is 3.66. The molecule has 2 aromatic carbocycles. The maximum absolute atomic E-state index is 14.3. The zero-order valence-corrected chi connectivity index (χ0v) is 19.9. The Labute approximate surface area is 208 Å². The van der Waals surface area contributed by atoms with E-state index in [0.29, 0.717) is 34.8 Å². The quantitative estimate of drug-likeness (QED) is 0.309. The zero-order chi connectivity index (χ0) is 25.3. The van der Waals surface area contributed by atoms with Gasteiger partial charge in [-0.2, -0.15) is 18.3 Å². The van der Waals surface area contributed by atoms with Crippen LogP contribution in [0, 0.1) is 5.82 Å². The number of carbonyl (C=O) groups excluding carboxylic acids is 1. The summed E-state index contributed by atoms with van der Waals surface area (Å²) < 4.78 is 62.1. The van der Waals surface area contributed by atoms with E-state index >= 15 is 0 Å². The normalized spacial score (nSPS) is 15.8. The third kappa shape index (κ3) is 4.96. The number of hydrogen-bond acceptors (Lipinski definition) is 5. The lowest BCUT2D eigenvalue weighted by Crippen LogP contribution is -2.50. The minimum atomic E-state index is -4.92. The van der Waals surface area contributed by atoms with Gasteiger partial charge < -0.3 is 9.64 Å². The molecule has 0 aliphatic carbocycles. The summed E-state index contributed by atoms with van der Waals surface area (Å²) in [7, 11) is 1.50. The van der Waals surface area contributed by atoms with Crippen molar-refractivity contribution < 1.29 is 27.1 Å². The molecule has 1 aliphatic heterocycles. The highest BCUT2D eigenvalue weighted by molar-refractivity contribution is 6.34. The van der Waals surface area contributed by atoms with Gasteiger partial charge in [0.15, 0.2) is 18.1 Å². The third-order valence-corrected chi connectivity index (χ3v) is 6.48. The molecule has 4 rings (SSSR count). The lowest BCUT2D eigenvalue weighted by Gasteiger charge is -2.38. The van der Waals surface area contributed by atoms with E-state index in [4.69, 9.17) is 27.9 Å². The fourth-order valence-corrected chi connectivity index (χ4v) is 4.60. The van der Waals surface area contributed by atoms with Crippen LogP contribution in [-0.4, -0.2) is 54.3 Å². The second kappa shape index (κ2) is 10.0. The van der Waals surface area contributed by atoms with Crippen LogP contribution >= 0.6 is 23.2 Å². The minimum Gasteiger partial charge on any atom is -0.495 e. The number of anilines is 1. The van der Waals surface area contributed by atoms with Gasteiger partial charge in [0.25, 0.3) is 0 Å². The molecule has 1 aromatic heterocycles. The van der Waals surface area contributed by atoms with Crippen LogP contribution in [0.1, 0.15) is 11.9 Å². The van der Waals surface area contributed by atoms with E-state index in [-0.39, 0.29) is 24.3 Å². The number of piperazine rings is 1. The number of nitrogens with zero attached hydrogens (tertiary/aromatic N) is 4. The molecule has 1 atom stereocenters. The Hall–Kier alpha value is -2.82. The number of alkyl halides is 3. The van der Waals surface area contributed by atoms with Crippen LogP contribution in [0.15, 0.2) is 42.5 Å². The second-order valence-electron chi connectivity index (χ2n) is 7.82. The molecule has 0 bridgehead atoms. The fraction of sp³-hybridized carbons (Fsp3) is 0.304. The fourth-order valence-electron chi connectivity index (χ4n) is 4.07. The molecule has 6 nitrogen and oxygen atoms in total. The van der Waals surface area contributed by atoms with E-state index in [9.17, 15) is 22.4 Å². The average molecular weight is 531 g/mol. The number of aromatic nitrogens is 2. The van der Waals surface area contributed by atoms with E-state index < -0.39 is 28.9 Å². The number of ether oxygens (including phenoxy) is 1. The molecule has 0 amide bonds. The second-order valence-corrected chi connectivity index (χ2v) is 8.61. The minimum absolute atomic E-state index is 0.187. The van der Waals surface area contributed by atoms with Crippen LogP contribution in [0.2, 0.25) is 10.0 Å². The highest BCUT2D eigenvalue weighted by Crippen LogP contribution is 2.42. The summed E-state index contributed by atoms with van der Waals surface area (Å²) in [5.41, 5.74) is -1.04. The predicted molar refractivity (Wildman–Crippen MR) is 125 cm³/mol. The van der Waals surface area contributed by atoms with Gasteiger partial charge in [0.2, 0.25) is 0 Å². The first-order valence-electron chi connectivity index (χ1n) is 10.5.